The van der Waals surface area contributed by atoms with Crippen molar-refractivity contribution in [3.8, 4) is 0 Å². The normalized spacial score (nSPS) is 15.2. The maximum atomic E-state index is 12.7. The van der Waals surface area contributed by atoms with Gasteiger partial charge in [-0.15, -0.1) is 0 Å². The van der Waals surface area contributed by atoms with Crippen LogP contribution in [-0.2, 0) is 23.8 Å². The number of carbonyl (C=O) groups excluding carboxylic acids is 2. The van der Waals surface area contributed by atoms with Crippen LogP contribution in [0.3, 0.4) is 0 Å². The number of hydrogen-bond donors (Lipinski definition) is 2. The van der Waals surface area contributed by atoms with Gasteiger partial charge in [-0.2, -0.15) is 0 Å². The Morgan fingerprint density at radius 1 is 0.523 bits per heavy atom. The van der Waals surface area contributed by atoms with Gasteiger partial charge >= 0.3 is 5.97 Å². The standard InChI is InChI=1S/C43H85N3O6.C7H16.C4H10.CH4O/c1-6-8-10-12-14-22-35-51-43(52-36-23-15-13-11-9-7-2)27-26-42(49)50-34-24-21-30-44(28-18-16-17-25-41(5)48)29-19-20-31-45-37-40(4)46(32-33-47)38-39(45)3;1-3-5-7-6-4-2;1-3-4-2;1-2/h39-40,43,47H,6-38H2,1-5H3;3-7H2,1-2H3;3-4H2,1-2H3;2H,1H3. The Kier molecular flexibility index (Phi) is 58.1. The number of aliphatic hydroxyl groups excluding tert-OH is 2. The minimum atomic E-state index is -0.328. The molecule has 1 aliphatic rings. The third-order valence-electron chi connectivity index (χ3n) is 12.3. The second-order valence-corrected chi connectivity index (χ2v) is 18.7. The van der Waals surface area contributed by atoms with Gasteiger partial charge in [-0.3, -0.25) is 14.6 Å². The van der Waals surface area contributed by atoms with Crippen molar-refractivity contribution in [1.82, 2.24) is 14.7 Å². The van der Waals surface area contributed by atoms with Crippen LogP contribution in [0.4, 0.5) is 0 Å². The highest BCUT2D eigenvalue weighted by atomic mass is 16.7. The molecule has 1 saturated heterocycles. The van der Waals surface area contributed by atoms with Gasteiger partial charge in [0.2, 0.25) is 0 Å². The summed E-state index contributed by atoms with van der Waals surface area (Å²) in [6.07, 6.45) is 33.0. The van der Waals surface area contributed by atoms with Gasteiger partial charge in [-0.05, 0) is 98.3 Å². The molecule has 1 fully saturated rings. The number of aliphatic hydroxyl groups is 2. The SMILES string of the molecule is CCCC.CCCCCCC.CCCCCCCCOC(CCC(=O)OCCCCN(CCCCCC(C)=O)CCCCN1CC(C)N(CCO)CC1C)OCCCCCCCC.CO. The van der Waals surface area contributed by atoms with Gasteiger partial charge in [0.1, 0.15) is 5.78 Å². The first kappa shape index (κ1) is 68.1. The molecule has 0 amide bonds. The third-order valence-corrected chi connectivity index (χ3v) is 12.3. The summed E-state index contributed by atoms with van der Waals surface area (Å²) >= 11 is 0. The van der Waals surface area contributed by atoms with Crippen molar-refractivity contribution in [1.29, 1.82) is 0 Å². The molecule has 0 aromatic rings. The second kappa shape index (κ2) is 55.5. The molecule has 10 heteroatoms. The highest BCUT2D eigenvalue weighted by molar-refractivity contribution is 5.75. The van der Waals surface area contributed by atoms with E-state index in [0.29, 0.717) is 51.2 Å². The largest absolute Gasteiger partial charge is 0.466 e. The van der Waals surface area contributed by atoms with E-state index in [1.165, 1.54) is 122 Å². The van der Waals surface area contributed by atoms with Crippen molar-refractivity contribution in [2.24, 2.45) is 0 Å². The van der Waals surface area contributed by atoms with E-state index >= 15 is 0 Å². The minimum Gasteiger partial charge on any atom is -0.466 e. The lowest BCUT2D eigenvalue weighted by Gasteiger charge is -2.44. The molecule has 10 nitrogen and oxygen atoms in total. The first-order valence-electron chi connectivity index (χ1n) is 27.8. The molecule has 2 N–H and O–H groups in total. The minimum absolute atomic E-state index is 0.153. The zero-order chi connectivity index (χ0) is 49.0. The fourth-order valence-electron chi connectivity index (χ4n) is 7.91. The molecule has 2 unspecified atom stereocenters. The van der Waals surface area contributed by atoms with Crippen molar-refractivity contribution in [2.45, 2.75) is 267 Å². The number of ketones is 1. The summed E-state index contributed by atoms with van der Waals surface area (Å²) in [5.41, 5.74) is 0. The number of rotatable bonds is 42. The summed E-state index contributed by atoms with van der Waals surface area (Å²) < 4.78 is 17.9. The van der Waals surface area contributed by atoms with E-state index in [2.05, 4.69) is 70.1 Å². The summed E-state index contributed by atoms with van der Waals surface area (Å²) in [7, 11) is 1.00. The smallest absolute Gasteiger partial charge is 0.305 e. The van der Waals surface area contributed by atoms with Crippen molar-refractivity contribution in [3.63, 3.8) is 0 Å². The molecular weight excluding hydrogens is 815 g/mol. The quantitative estimate of drug-likeness (QED) is 0.0349. The van der Waals surface area contributed by atoms with Gasteiger partial charge in [0.15, 0.2) is 6.29 Å². The molecule has 0 aromatic carbocycles. The fraction of sp³-hybridized carbons (Fsp3) is 0.964. The monoisotopic (exact) mass is 930 g/mol. The van der Waals surface area contributed by atoms with Gasteiger partial charge in [0, 0.05) is 64.9 Å². The molecule has 0 saturated carbocycles. The summed E-state index contributed by atoms with van der Waals surface area (Å²) in [4.78, 5) is 31.6. The maximum absolute atomic E-state index is 12.7. The van der Waals surface area contributed by atoms with Crippen LogP contribution in [-0.4, -0.2) is 134 Å². The molecular formula is C55H115N3O7. The molecule has 0 aromatic heterocycles. The molecule has 0 aliphatic carbocycles. The van der Waals surface area contributed by atoms with E-state index in [-0.39, 0.29) is 24.6 Å². The Balaban J connectivity index is -0.00000258. The number of hydrogen-bond acceptors (Lipinski definition) is 10. The van der Waals surface area contributed by atoms with Crippen LogP contribution >= 0.6 is 0 Å². The van der Waals surface area contributed by atoms with E-state index in [4.69, 9.17) is 19.3 Å². The van der Waals surface area contributed by atoms with Crippen LogP contribution in [0.15, 0.2) is 0 Å². The first-order valence-corrected chi connectivity index (χ1v) is 27.8. The number of nitrogens with zero attached hydrogens (tertiary/aromatic N) is 3. The highest BCUT2D eigenvalue weighted by Crippen LogP contribution is 2.17. The average Bonchev–Trinajstić information content (AvgIpc) is 3.30. The van der Waals surface area contributed by atoms with Gasteiger partial charge in [0.25, 0.3) is 0 Å². The molecule has 0 radical (unpaired) electrons. The number of unbranched alkanes of at least 4 members (excludes halogenated alkanes) is 19. The summed E-state index contributed by atoms with van der Waals surface area (Å²) in [5.74, 6) is 0.128. The van der Waals surface area contributed by atoms with Crippen LogP contribution in [0.1, 0.15) is 249 Å². The second-order valence-electron chi connectivity index (χ2n) is 18.7. The van der Waals surface area contributed by atoms with Crippen molar-refractivity contribution >= 4 is 11.8 Å². The van der Waals surface area contributed by atoms with Crippen LogP contribution in [0, 0.1) is 0 Å². The van der Waals surface area contributed by atoms with Crippen molar-refractivity contribution < 1.29 is 34.0 Å². The molecule has 2 atom stereocenters. The Morgan fingerprint density at radius 2 is 0.923 bits per heavy atom. The van der Waals surface area contributed by atoms with E-state index in [1.54, 1.807) is 6.92 Å². The lowest BCUT2D eigenvalue weighted by atomic mass is 10.1. The van der Waals surface area contributed by atoms with Crippen molar-refractivity contribution in [3.05, 3.63) is 0 Å². The Morgan fingerprint density at radius 3 is 1.38 bits per heavy atom. The number of Topliss-reactive ketones (excluding diaryl/α,β-unsaturated/α-hetero) is 1. The number of β-amino-alcohol motifs (C(OH)–C–C–N with tert-alkyl or cyclic N) is 1. The summed E-state index contributed by atoms with van der Waals surface area (Å²) in [6.45, 7) is 28.8. The zero-order valence-corrected chi connectivity index (χ0v) is 45.3. The number of piperazine rings is 1. The average molecular weight is 931 g/mol. The Hall–Kier alpha value is -1.14. The lowest BCUT2D eigenvalue weighted by Crippen LogP contribution is -2.56. The molecule has 1 aliphatic heterocycles. The summed E-state index contributed by atoms with van der Waals surface area (Å²) in [5, 5.41) is 16.4. The molecule has 0 spiro atoms. The van der Waals surface area contributed by atoms with E-state index in [9.17, 15) is 14.7 Å². The van der Waals surface area contributed by atoms with Gasteiger partial charge < -0.3 is 34.1 Å². The lowest BCUT2D eigenvalue weighted by molar-refractivity contribution is -0.159. The summed E-state index contributed by atoms with van der Waals surface area (Å²) in [6, 6.07) is 1.00. The topological polar surface area (TPSA) is 112 Å². The fourth-order valence-corrected chi connectivity index (χ4v) is 7.91. The number of carbonyl (C=O) groups is 2. The van der Waals surface area contributed by atoms with Crippen LogP contribution in [0.25, 0.3) is 0 Å². The Labute approximate surface area is 405 Å². The highest BCUT2D eigenvalue weighted by Gasteiger charge is 2.28. The van der Waals surface area contributed by atoms with Gasteiger partial charge in [-0.1, -0.05) is 157 Å². The number of ether oxygens (including phenoxy) is 3. The van der Waals surface area contributed by atoms with Gasteiger partial charge in [-0.25, -0.2) is 0 Å². The first-order chi connectivity index (χ1) is 31.6. The Bertz CT molecular complexity index is 921. The maximum Gasteiger partial charge on any atom is 0.305 e. The number of esters is 1. The van der Waals surface area contributed by atoms with E-state index in [0.717, 1.165) is 97.9 Å². The van der Waals surface area contributed by atoms with Crippen LogP contribution in [0.5, 0.6) is 0 Å². The zero-order valence-electron chi connectivity index (χ0n) is 45.3. The predicted molar refractivity (Wildman–Crippen MR) is 279 cm³/mol. The van der Waals surface area contributed by atoms with E-state index < -0.39 is 0 Å². The molecule has 0 bridgehead atoms. The van der Waals surface area contributed by atoms with Crippen molar-refractivity contribution in [2.75, 3.05) is 79.4 Å². The van der Waals surface area contributed by atoms with Gasteiger partial charge in [0.05, 0.1) is 19.6 Å². The van der Waals surface area contributed by atoms with Crippen LogP contribution in [0.2, 0.25) is 0 Å². The molecule has 1 rings (SSSR count). The van der Waals surface area contributed by atoms with Crippen LogP contribution < -0.4 is 0 Å². The molecule has 1 heterocycles. The molecule has 65 heavy (non-hydrogen) atoms. The molecule has 392 valence electrons. The third kappa shape index (κ3) is 49.1. The van der Waals surface area contributed by atoms with E-state index in [1.807, 2.05) is 0 Å². The predicted octanol–water partition coefficient (Wildman–Crippen LogP) is 13.2.